The van der Waals surface area contributed by atoms with E-state index in [0.29, 0.717) is 32.2 Å². The number of carbonyl (C=O) groups excluding carboxylic acids is 2. The lowest BCUT2D eigenvalue weighted by Crippen LogP contribution is -2.53. The van der Waals surface area contributed by atoms with Gasteiger partial charge in [0.1, 0.15) is 53.3 Å². The largest absolute Gasteiger partial charge is 0.394 e. The molecule has 2 heterocycles. The fourth-order valence-corrected chi connectivity index (χ4v) is 7.22. The fraction of sp³-hybridized carbons (Fsp3) is 0.535. The van der Waals surface area contributed by atoms with Crippen LogP contribution in [-0.2, 0) is 17.6 Å². The molecule has 16 N–H and O–H groups in total. The maximum absolute atomic E-state index is 13.2. The van der Waals surface area contributed by atoms with Crippen LogP contribution in [-0.4, -0.2) is 192 Å². The number of aliphatic hydroxyl groups is 10. The molecule has 4 aromatic rings. The monoisotopic (exact) mass is 959 g/mol. The normalized spacial score (nSPS) is 16.1. The number of amidine groups is 1. The van der Waals surface area contributed by atoms with Gasteiger partial charge in [0.05, 0.1) is 37.7 Å². The van der Waals surface area contributed by atoms with Crippen molar-refractivity contribution in [1.29, 1.82) is 0 Å². The molecule has 0 saturated carbocycles. The molecule has 0 bridgehead atoms. The van der Waals surface area contributed by atoms with E-state index in [1.807, 2.05) is 36.4 Å². The van der Waals surface area contributed by atoms with Crippen LogP contribution in [0, 0.1) is 0 Å². The van der Waals surface area contributed by atoms with E-state index in [1.165, 1.54) is 11.1 Å². The number of aliphatic imine (C=N–C) groups is 1. The van der Waals surface area contributed by atoms with E-state index in [9.17, 15) is 50.4 Å². The zero-order valence-electron chi connectivity index (χ0n) is 36.7. The highest BCUT2D eigenvalue weighted by Crippen LogP contribution is 2.23. The summed E-state index contributed by atoms with van der Waals surface area (Å²) in [5.74, 6) is -0.759. The minimum Gasteiger partial charge on any atom is -0.394 e. The molecule has 67 heavy (non-hydrogen) atoms. The van der Waals surface area contributed by atoms with Crippen LogP contribution in [0.4, 0.5) is 0 Å². The molecule has 2 aromatic heterocycles. The van der Waals surface area contributed by atoms with Gasteiger partial charge in [-0.15, -0.1) is 10.2 Å². The fourth-order valence-electron chi connectivity index (χ4n) is 7.09. The Morgan fingerprint density at radius 2 is 1.28 bits per heavy atom. The third-order valence-corrected chi connectivity index (χ3v) is 11.2. The first-order chi connectivity index (χ1) is 32.0. The highest BCUT2D eigenvalue weighted by molar-refractivity contribution is 6.29. The van der Waals surface area contributed by atoms with Crippen LogP contribution in [0.15, 0.2) is 59.7 Å². The van der Waals surface area contributed by atoms with Crippen molar-refractivity contribution in [3.8, 4) is 11.1 Å². The number of unbranched alkanes of at least 4 members (excludes halogenated alkanes) is 2. The zero-order chi connectivity index (χ0) is 49.0. The number of nitrogens with two attached hydrogens (primary N) is 2. The van der Waals surface area contributed by atoms with Crippen molar-refractivity contribution in [3.05, 3.63) is 88.2 Å². The van der Waals surface area contributed by atoms with Crippen molar-refractivity contribution in [2.45, 2.75) is 106 Å². The molecule has 0 unspecified atom stereocenters. The average molecular weight is 960 g/mol. The summed E-state index contributed by atoms with van der Waals surface area (Å²) in [5, 5.41) is 117. The Balaban J connectivity index is 1.25. The van der Waals surface area contributed by atoms with Crippen LogP contribution in [0.5, 0.6) is 0 Å². The Morgan fingerprint density at radius 3 is 1.81 bits per heavy atom. The molecule has 24 heteroatoms. The second-order valence-corrected chi connectivity index (χ2v) is 16.5. The van der Waals surface area contributed by atoms with E-state index in [4.69, 9.17) is 33.3 Å². The summed E-state index contributed by atoms with van der Waals surface area (Å²) in [6, 6.07) is 15.5. The summed E-state index contributed by atoms with van der Waals surface area (Å²) >= 11 is 5.82. The molecule has 0 fully saturated rings. The Labute approximate surface area is 391 Å². The quantitative estimate of drug-likeness (QED) is 0.0143. The topological polar surface area (TPSA) is 396 Å². The highest BCUT2D eigenvalue weighted by Gasteiger charge is 2.34. The lowest BCUT2D eigenvalue weighted by molar-refractivity contribution is -0.130. The molecule has 23 nitrogen and oxygen atoms in total. The van der Waals surface area contributed by atoms with Crippen LogP contribution in [0.25, 0.3) is 11.1 Å². The van der Waals surface area contributed by atoms with Gasteiger partial charge in [0.25, 0.3) is 5.91 Å². The summed E-state index contributed by atoms with van der Waals surface area (Å²) in [7, 11) is 0. The predicted molar refractivity (Wildman–Crippen MR) is 242 cm³/mol. The molecule has 0 aliphatic heterocycles. The number of primary amides is 1. The number of aliphatic hydroxyl groups excluding tert-OH is 10. The van der Waals surface area contributed by atoms with Gasteiger partial charge in [-0.2, -0.15) is 5.21 Å². The van der Waals surface area contributed by atoms with E-state index in [-0.39, 0.29) is 47.1 Å². The first kappa shape index (κ1) is 54.5. The van der Waals surface area contributed by atoms with Crippen LogP contribution < -0.4 is 16.8 Å². The number of aromatic nitrogens is 6. The highest BCUT2D eigenvalue weighted by atomic mass is 35.5. The Morgan fingerprint density at radius 1 is 0.731 bits per heavy atom. The van der Waals surface area contributed by atoms with Gasteiger partial charge in [0, 0.05) is 26.1 Å². The van der Waals surface area contributed by atoms with Crippen LogP contribution >= 0.6 is 11.6 Å². The Hall–Kier alpha value is -5.15. The number of carbonyl (C=O) groups is 2. The maximum Gasteiger partial charge on any atom is 0.269 e. The number of hydrogen-bond acceptors (Lipinski definition) is 19. The van der Waals surface area contributed by atoms with Crippen molar-refractivity contribution in [2.75, 3.05) is 39.4 Å². The molecular formula is C43H62ClN11O12. The number of aryl methyl sites for hydroxylation is 2. The number of amides is 2. The van der Waals surface area contributed by atoms with Crippen LogP contribution in [0.1, 0.15) is 77.7 Å². The van der Waals surface area contributed by atoms with Crippen molar-refractivity contribution in [3.63, 3.8) is 0 Å². The second-order valence-electron chi connectivity index (χ2n) is 16.1. The smallest absolute Gasteiger partial charge is 0.269 e. The van der Waals surface area contributed by atoms with Gasteiger partial charge in [0.2, 0.25) is 5.91 Å². The van der Waals surface area contributed by atoms with Crippen LogP contribution in [0.2, 0.25) is 5.15 Å². The van der Waals surface area contributed by atoms with E-state index < -0.39 is 87.1 Å². The molecule has 2 aromatic carbocycles. The van der Waals surface area contributed by atoms with Gasteiger partial charge in [0.15, 0.2) is 11.5 Å². The Bertz CT molecular complexity index is 2100. The minimum atomic E-state index is -1.91. The summed E-state index contributed by atoms with van der Waals surface area (Å²) < 4.78 is 0. The van der Waals surface area contributed by atoms with Crippen molar-refractivity contribution in [1.82, 2.24) is 40.8 Å². The third kappa shape index (κ3) is 17.2. The summed E-state index contributed by atoms with van der Waals surface area (Å²) in [5.41, 5.74) is 15.5. The molecule has 0 radical (unpaired) electrons. The molecule has 0 saturated heterocycles. The number of aromatic amines is 1. The van der Waals surface area contributed by atoms with Gasteiger partial charge in [-0.1, -0.05) is 65.3 Å². The van der Waals surface area contributed by atoms with Crippen molar-refractivity contribution >= 4 is 29.3 Å². The molecule has 4 rings (SSSR count). The number of benzene rings is 2. The maximum atomic E-state index is 13.2. The molecular weight excluding hydrogens is 898 g/mol. The van der Waals surface area contributed by atoms with Crippen molar-refractivity contribution < 1.29 is 60.7 Å². The van der Waals surface area contributed by atoms with E-state index >= 15 is 0 Å². The molecule has 368 valence electrons. The number of H-pyrrole nitrogens is 1. The number of tetrazole rings is 1. The van der Waals surface area contributed by atoms with Gasteiger partial charge < -0.3 is 67.8 Å². The second kappa shape index (κ2) is 27.6. The first-order valence-electron chi connectivity index (χ1n) is 21.7. The van der Waals surface area contributed by atoms with E-state index in [0.717, 1.165) is 41.5 Å². The molecule has 0 spiro atoms. The number of halogens is 1. The lowest BCUT2D eigenvalue weighted by atomic mass is 9.99. The lowest BCUT2D eigenvalue weighted by Gasteiger charge is -2.33. The molecule has 0 aliphatic rings. The molecule has 0 aliphatic carbocycles. The van der Waals surface area contributed by atoms with E-state index in [1.54, 1.807) is 0 Å². The van der Waals surface area contributed by atoms with Crippen LogP contribution in [0.3, 0.4) is 0 Å². The average Bonchev–Trinajstić information content (AvgIpc) is 3.88. The summed E-state index contributed by atoms with van der Waals surface area (Å²) in [6.07, 6.45) is -9.15. The standard InChI is InChI=1S/C43H62ClN11O12/c44-33-19-48-35(36(50-33)42(46)67)41(45)47-17-3-1-5-24-7-12-26(13-8-24)27-14-9-25(10-15-27)11-16-34(62)49-28(43-51-53-54-52-43)6-2-4-18-55(20-29(58)37(63)39(65)31(60)22-56)21-30(59)38(64)40(66)32(61)23-57/h7-10,12-15,19,28-32,37-40,56-61,63-66H,1-6,11,16-18,20-23H2,(H2,45,47)(H2,46,67)(H,49,62)(H,51,52,53,54)/t28-,29-,30-,31+,32+,37+,38+,39+,40+/m0/s1. The zero-order valence-corrected chi connectivity index (χ0v) is 37.5. The number of nitrogens with zero attached hydrogens (tertiary/aromatic N) is 7. The SMILES string of the molecule is NC(=O)c1nc(Cl)cnc1C(N)=NCCCCc1ccc(-c2ccc(CCC(=O)N[C@@H](CCCCN(C[C@H](O)[C@@H](O)[C@H](O)[C@H](O)CO)C[C@H](O)[C@@H](O)[C@H](O)[C@H](O)CO)c3nn[nH]n3)cc2)cc1. The molecule has 9 atom stereocenters. The predicted octanol–water partition coefficient (Wildman–Crippen LogP) is -2.73. The number of hydrogen-bond donors (Lipinski definition) is 14. The number of nitrogens with one attached hydrogen (secondary N) is 2. The summed E-state index contributed by atoms with van der Waals surface area (Å²) in [6.45, 7) is -2.05. The minimum absolute atomic E-state index is 0.0237. The third-order valence-electron chi connectivity index (χ3n) is 11.0. The molecule has 2 amide bonds. The summed E-state index contributed by atoms with van der Waals surface area (Å²) in [4.78, 5) is 38.5. The van der Waals surface area contributed by atoms with Crippen molar-refractivity contribution in [2.24, 2.45) is 16.5 Å². The Kier molecular flexibility index (Phi) is 22.4. The first-order valence-corrected chi connectivity index (χ1v) is 22.1. The van der Waals surface area contributed by atoms with Gasteiger partial charge in [-0.05, 0) is 73.7 Å². The number of rotatable bonds is 30. The van der Waals surface area contributed by atoms with Gasteiger partial charge in [-0.25, -0.2) is 9.97 Å². The van der Waals surface area contributed by atoms with E-state index in [2.05, 4.69) is 53.0 Å². The van der Waals surface area contributed by atoms with Gasteiger partial charge >= 0.3 is 0 Å². The van der Waals surface area contributed by atoms with Gasteiger partial charge in [-0.3, -0.25) is 19.5 Å².